The standard InChI is InChI=1S/C21H23IN4O2S/c1-4-26-19(12-15-5-8-17(28-3)9-6-15)24-25-21(26)29-13-20(27)23-18-10-7-16(22)11-14(18)2/h5-11H,4,12-13H2,1-3H3,(H,23,27). The van der Waals surface area contributed by atoms with Gasteiger partial charge in [-0.05, 0) is 77.9 Å². The van der Waals surface area contributed by atoms with Crippen molar-refractivity contribution in [3.8, 4) is 5.75 Å². The molecule has 3 rings (SSSR count). The molecular formula is C21H23IN4O2S. The van der Waals surface area contributed by atoms with E-state index in [2.05, 4.69) is 49.6 Å². The first-order chi connectivity index (χ1) is 14.0. The maximum absolute atomic E-state index is 12.4. The van der Waals surface area contributed by atoms with E-state index in [0.29, 0.717) is 6.42 Å². The Morgan fingerprint density at radius 3 is 2.62 bits per heavy atom. The number of anilines is 1. The molecule has 0 bridgehead atoms. The number of benzene rings is 2. The van der Waals surface area contributed by atoms with Crippen molar-refractivity contribution in [1.29, 1.82) is 0 Å². The lowest BCUT2D eigenvalue weighted by molar-refractivity contribution is -0.113. The van der Waals surface area contributed by atoms with Crippen LogP contribution in [0.25, 0.3) is 0 Å². The summed E-state index contributed by atoms with van der Waals surface area (Å²) in [7, 11) is 1.65. The number of halogens is 1. The van der Waals surface area contributed by atoms with Gasteiger partial charge in [-0.3, -0.25) is 4.79 Å². The van der Waals surface area contributed by atoms with Crippen LogP contribution in [0.1, 0.15) is 23.9 Å². The van der Waals surface area contributed by atoms with E-state index in [1.807, 2.05) is 49.4 Å². The lowest BCUT2D eigenvalue weighted by Crippen LogP contribution is -2.15. The molecule has 6 nitrogen and oxygen atoms in total. The fraction of sp³-hybridized carbons (Fsp3) is 0.286. The van der Waals surface area contributed by atoms with Crippen molar-refractivity contribution in [3.63, 3.8) is 0 Å². The van der Waals surface area contributed by atoms with Crippen LogP contribution in [0.15, 0.2) is 47.6 Å². The Kier molecular flexibility index (Phi) is 7.54. The summed E-state index contributed by atoms with van der Waals surface area (Å²) in [5.74, 6) is 1.94. The van der Waals surface area contributed by atoms with E-state index in [1.54, 1.807) is 7.11 Å². The number of ether oxygens (including phenoxy) is 1. The molecule has 0 unspecified atom stereocenters. The minimum Gasteiger partial charge on any atom is -0.497 e. The fourth-order valence-electron chi connectivity index (χ4n) is 2.88. The highest BCUT2D eigenvalue weighted by Gasteiger charge is 2.14. The van der Waals surface area contributed by atoms with Crippen LogP contribution in [0.3, 0.4) is 0 Å². The molecule has 2 aromatic carbocycles. The third-order valence-corrected chi connectivity index (χ3v) is 6.06. The first-order valence-electron chi connectivity index (χ1n) is 9.24. The summed E-state index contributed by atoms with van der Waals surface area (Å²) in [5.41, 5.74) is 3.03. The molecule has 1 N–H and O–H groups in total. The molecule has 0 aliphatic heterocycles. The second kappa shape index (κ2) is 10.1. The average Bonchev–Trinajstić information content (AvgIpc) is 3.10. The number of aryl methyl sites for hydroxylation is 1. The molecule has 8 heteroatoms. The molecule has 0 saturated heterocycles. The van der Waals surface area contributed by atoms with Crippen LogP contribution in [0.2, 0.25) is 0 Å². The van der Waals surface area contributed by atoms with E-state index in [-0.39, 0.29) is 11.7 Å². The number of rotatable bonds is 8. The maximum atomic E-state index is 12.4. The SMILES string of the molecule is CCn1c(Cc2ccc(OC)cc2)nnc1SCC(=O)Nc1ccc(I)cc1C. The van der Waals surface area contributed by atoms with Gasteiger partial charge in [0, 0.05) is 22.2 Å². The van der Waals surface area contributed by atoms with E-state index in [9.17, 15) is 4.79 Å². The van der Waals surface area contributed by atoms with Gasteiger partial charge in [0.1, 0.15) is 11.6 Å². The number of hydrogen-bond donors (Lipinski definition) is 1. The van der Waals surface area contributed by atoms with Gasteiger partial charge in [-0.15, -0.1) is 10.2 Å². The first-order valence-corrected chi connectivity index (χ1v) is 11.3. The predicted octanol–water partition coefficient (Wildman–Crippen LogP) is 4.54. The van der Waals surface area contributed by atoms with Gasteiger partial charge in [0.15, 0.2) is 5.16 Å². The first kappa shape index (κ1) is 21.6. The Bertz CT molecular complexity index is 989. The molecule has 1 heterocycles. The molecule has 0 aliphatic rings. The minimum absolute atomic E-state index is 0.0540. The molecule has 0 aliphatic carbocycles. The number of hydrogen-bond acceptors (Lipinski definition) is 5. The van der Waals surface area contributed by atoms with Crippen LogP contribution < -0.4 is 10.1 Å². The fourth-order valence-corrected chi connectivity index (χ4v) is 4.35. The largest absolute Gasteiger partial charge is 0.497 e. The Labute approximate surface area is 188 Å². The Balaban J connectivity index is 1.62. The predicted molar refractivity (Wildman–Crippen MR) is 125 cm³/mol. The highest BCUT2D eigenvalue weighted by Crippen LogP contribution is 2.22. The van der Waals surface area contributed by atoms with Crippen molar-refractivity contribution in [2.24, 2.45) is 0 Å². The number of amides is 1. The zero-order chi connectivity index (χ0) is 20.8. The van der Waals surface area contributed by atoms with Crippen molar-refractivity contribution < 1.29 is 9.53 Å². The second-order valence-corrected chi connectivity index (χ2v) is 8.65. The Hall–Kier alpha value is -2.07. The summed E-state index contributed by atoms with van der Waals surface area (Å²) < 4.78 is 8.40. The van der Waals surface area contributed by atoms with Crippen molar-refractivity contribution in [1.82, 2.24) is 14.8 Å². The molecule has 0 fully saturated rings. The third kappa shape index (κ3) is 5.72. The molecule has 1 amide bonds. The molecule has 3 aromatic rings. The lowest BCUT2D eigenvalue weighted by atomic mass is 10.1. The van der Waals surface area contributed by atoms with E-state index >= 15 is 0 Å². The van der Waals surface area contributed by atoms with E-state index in [4.69, 9.17) is 4.74 Å². The van der Waals surface area contributed by atoms with Gasteiger partial charge in [0.25, 0.3) is 0 Å². The quantitative estimate of drug-likeness (QED) is 0.348. The number of nitrogens with zero attached hydrogens (tertiary/aromatic N) is 3. The van der Waals surface area contributed by atoms with Gasteiger partial charge in [-0.2, -0.15) is 0 Å². The van der Waals surface area contributed by atoms with Crippen LogP contribution in [-0.2, 0) is 17.8 Å². The van der Waals surface area contributed by atoms with Crippen LogP contribution in [0, 0.1) is 10.5 Å². The maximum Gasteiger partial charge on any atom is 0.234 e. The van der Waals surface area contributed by atoms with Crippen LogP contribution in [-0.4, -0.2) is 33.5 Å². The van der Waals surface area contributed by atoms with Crippen molar-refractivity contribution in [3.05, 3.63) is 63.0 Å². The normalized spacial score (nSPS) is 10.8. The number of thioether (sulfide) groups is 1. The molecule has 0 spiro atoms. The summed E-state index contributed by atoms with van der Waals surface area (Å²) in [5, 5.41) is 12.4. The van der Waals surface area contributed by atoms with Gasteiger partial charge in [-0.25, -0.2) is 0 Å². The van der Waals surface area contributed by atoms with Gasteiger partial charge >= 0.3 is 0 Å². The highest BCUT2D eigenvalue weighted by molar-refractivity contribution is 14.1. The number of carbonyl (C=O) groups excluding carboxylic acids is 1. The van der Waals surface area contributed by atoms with Crippen LogP contribution >= 0.6 is 34.4 Å². The van der Waals surface area contributed by atoms with Gasteiger partial charge in [0.2, 0.25) is 5.91 Å². The summed E-state index contributed by atoms with van der Waals surface area (Å²) in [6.45, 7) is 4.79. The molecule has 0 saturated carbocycles. The van der Waals surface area contributed by atoms with Crippen molar-refractivity contribution in [2.75, 3.05) is 18.2 Å². The van der Waals surface area contributed by atoms with Gasteiger partial charge in [0.05, 0.1) is 12.9 Å². The summed E-state index contributed by atoms with van der Waals surface area (Å²) >= 11 is 3.66. The molecule has 1 aromatic heterocycles. The van der Waals surface area contributed by atoms with Crippen LogP contribution in [0.4, 0.5) is 5.69 Å². The Morgan fingerprint density at radius 2 is 1.97 bits per heavy atom. The average molecular weight is 522 g/mol. The smallest absolute Gasteiger partial charge is 0.234 e. The summed E-state index contributed by atoms with van der Waals surface area (Å²) in [6, 6.07) is 13.9. The third-order valence-electron chi connectivity index (χ3n) is 4.43. The zero-order valence-electron chi connectivity index (χ0n) is 16.6. The van der Waals surface area contributed by atoms with E-state index in [1.165, 1.54) is 11.8 Å². The Morgan fingerprint density at radius 1 is 1.21 bits per heavy atom. The number of aromatic nitrogens is 3. The molecule has 0 atom stereocenters. The van der Waals surface area contributed by atoms with E-state index in [0.717, 1.165) is 43.7 Å². The zero-order valence-corrected chi connectivity index (χ0v) is 19.6. The van der Waals surface area contributed by atoms with Gasteiger partial charge < -0.3 is 14.6 Å². The lowest BCUT2D eigenvalue weighted by Gasteiger charge is -2.10. The molecule has 0 radical (unpaired) electrons. The number of carbonyl (C=O) groups is 1. The minimum atomic E-state index is -0.0540. The summed E-state index contributed by atoms with van der Waals surface area (Å²) in [4.78, 5) is 12.4. The van der Waals surface area contributed by atoms with Gasteiger partial charge in [-0.1, -0.05) is 23.9 Å². The second-order valence-electron chi connectivity index (χ2n) is 6.46. The van der Waals surface area contributed by atoms with E-state index < -0.39 is 0 Å². The highest BCUT2D eigenvalue weighted by atomic mass is 127. The van der Waals surface area contributed by atoms with Crippen molar-refractivity contribution >= 4 is 45.9 Å². The molecular weight excluding hydrogens is 499 g/mol. The topological polar surface area (TPSA) is 69.0 Å². The van der Waals surface area contributed by atoms with Crippen LogP contribution in [0.5, 0.6) is 5.75 Å². The summed E-state index contributed by atoms with van der Waals surface area (Å²) in [6.07, 6.45) is 0.680. The monoisotopic (exact) mass is 522 g/mol. The molecule has 29 heavy (non-hydrogen) atoms. The molecule has 152 valence electrons. The van der Waals surface area contributed by atoms with Crippen molar-refractivity contribution in [2.45, 2.75) is 32.0 Å². The number of methoxy groups -OCH3 is 1. The number of nitrogens with one attached hydrogen (secondary N) is 1.